The Kier molecular flexibility index (Phi) is 5.84. The largest absolute Gasteiger partial charge is 0.504 e. The van der Waals surface area contributed by atoms with Crippen molar-refractivity contribution in [1.82, 2.24) is 5.43 Å². The summed E-state index contributed by atoms with van der Waals surface area (Å²) in [5.74, 6) is -2.50. The van der Waals surface area contributed by atoms with Gasteiger partial charge in [0.05, 0.1) is 5.69 Å². The Morgan fingerprint density at radius 2 is 1.48 bits per heavy atom. The molecular formula is C21H18N4O4. The molecule has 0 aliphatic heterocycles. The summed E-state index contributed by atoms with van der Waals surface area (Å²) < 4.78 is 0. The van der Waals surface area contributed by atoms with Crippen molar-refractivity contribution in [1.29, 1.82) is 0 Å². The van der Waals surface area contributed by atoms with Crippen LogP contribution in [-0.4, -0.2) is 27.1 Å². The number of amidine groups is 1. The predicted octanol–water partition coefficient (Wildman–Crippen LogP) is 3.99. The van der Waals surface area contributed by atoms with Crippen LogP contribution in [0.5, 0.6) is 17.2 Å². The number of benzene rings is 3. The summed E-state index contributed by atoms with van der Waals surface area (Å²) in [6.45, 7) is 1.90. The van der Waals surface area contributed by atoms with Crippen molar-refractivity contribution < 1.29 is 20.1 Å². The van der Waals surface area contributed by atoms with E-state index >= 15 is 0 Å². The lowest BCUT2D eigenvalue weighted by atomic mass is 10.2. The molecule has 0 spiro atoms. The van der Waals surface area contributed by atoms with Crippen LogP contribution in [0.1, 0.15) is 21.5 Å². The molecule has 0 radical (unpaired) electrons. The van der Waals surface area contributed by atoms with E-state index in [-0.39, 0.29) is 11.4 Å². The van der Waals surface area contributed by atoms with E-state index in [1.165, 1.54) is 0 Å². The van der Waals surface area contributed by atoms with Crippen LogP contribution in [0.25, 0.3) is 0 Å². The summed E-state index contributed by atoms with van der Waals surface area (Å²) >= 11 is 0. The van der Waals surface area contributed by atoms with E-state index in [1.54, 1.807) is 24.3 Å². The van der Waals surface area contributed by atoms with E-state index in [0.717, 1.165) is 17.7 Å². The molecule has 0 aliphatic rings. The summed E-state index contributed by atoms with van der Waals surface area (Å²) in [7, 11) is 0. The van der Waals surface area contributed by atoms with Gasteiger partial charge in [0.2, 0.25) is 5.84 Å². The van der Waals surface area contributed by atoms with Crippen LogP contribution in [0.4, 0.5) is 5.69 Å². The molecule has 0 fully saturated rings. The zero-order valence-corrected chi connectivity index (χ0v) is 15.4. The number of hydrogen-bond acceptors (Lipinski definition) is 6. The first-order chi connectivity index (χ1) is 14.0. The number of carbonyl (C=O) groups is 1. The third-order valence-electron chi connectivity index (χ3n) is 4.00. The third kappa shape index (κ3) is 4.75. The predicted molar refractivity (Wildman–Crippen MR) is 108 cm³/mol. The van der Waals surface area contributed by atoms with Gasteiger partial charge in [-0.1, -0.05) is 48.5 Å². The fourth-order valence-corrected chi connectivity index (χ4v) is 2.41. The topological polar surface area (TPSA) is 127 Å². The van der Waals surface area contributed by atoms with Crippen LogP contribution in [-0.2, 0) is 0 Å². The number of amides is 1. The number of nitrogens with zero attached hydrogens (tertiary/aromatic N) is 3. The summed E-state index contributed by atoms with van der Waals surface area (Å²) in [6.07, 6.45) is 0. The van der Waals surface area contributed by atoms with Gasteiger partial charge >= 0.3 is 0 Å². The van der Waals surface area contributed by atoms with E-state index in [0.29, 0.717) is 11.3 Å². The fraction of sp³-hybridized carbons (Fsp3) is 0.0476. The SMILES string of the molecule is Cc1ccccc1N=N/C(=N/NC(=O)c1cc(O)c(O)c(O)c1)c1ccccc1. The van der Waals surface area contributed by atoms with Crippen molar-refractivity contribution in [3.63, 3.8) is 0 Å². The highest BCUT2D eigenvalue weighted by molar-refractivity contribution is 6.01. The normalized spacial score (nSPS) is 11.6. The number of hydrogen-bond donors (Lipinski definition) is 4. The van der Waals surface area contributed by atoms with Crippen LogP contribution in [0, 0.1) is 6.92 Å². The van der Waals surface area contributed by atoms with Crippen molar-refractivity contribution in [3.05, 3.63) is 83.4 Å². The molecular weight excluding hydrogens is 372 g/mol. The molecule has 8 heteroatoms. The average molecular weight is 390 g/mol. The van der Waals surface area contributed by atoms with Crippen LogP contribution in [0.2, 0.25) is 0 Å². The van der Waals surface area contributed by atoms with Gasteiger partial charge in [-0.2, -0.15) is 0 Å². The smallest absolute Gasteiger partial charge is 0.271 e. The van der Waals surface area contributed by atoms with Crippen molar-refractivity contribution >= 4 is 17.4 Å². The second kappa shape index (κ2) is 8.66. The molecule has 1 amide bonds. The molecule has 0 unspecified atom stereocenters. The minimum Gasteiger partial charge on any atom is -0.504 e. The molecule has 4 N–H and O–H groups in total. The van der Waals surface area contributed by atoms with Gasteiger partial charge in [0.1, 0.15) is 0 Å². The van der Waals surface area contributed by atoms with E-state index in [2.05, 4.69) is 20.8 Å². The van der Waals surface area contributed by atoms with Gasteiger partial charge in [-0.05, 0) is 30.7 Å². The Labute approximate surface area is 166 Å². The monoisotopic (exact) mass is 390 g/mol. The Bertz CT molecular complexity index is 1070. The van der Waals surface area contributed by atoms with Crippen LogP contribution >= 0.6 is 0 Å². The number of aromatic hydroxyl groups is 3. The molecule has 0 bridgehead atoms. The van der Waals surface area contributed by atoms with Gasteiger partial charge in [-0.15, -0.1) is 15.3 Å². The highest BCUT2D eigenvalue weighted by atomic mass is 16.3. The van der Waals surface area contributed by atoms with Gasteiger partial charge in [-0.25, -0.2) is 5.43 Å². The molecule has 0 aliphatic carbocycles. The minimum absolute atomic E-state index is 0.0928. The standard InChI is InChI=1S/C21H18N4O4/c1-13-7-5-6-10-16(13)22-23-20(14-8-3-2-4-9-14)24-25-21(29)15-11-17(26)19(28)18(27)12-15/h2-12,26-28H,1H3,(H,25,29)/b23-22?,24-20+. The highest BCUT2D eigenvalue weighted by Gasteiger charge is 2.13. The van der Waals surface area contributed by atoms with Crippen LogP contribution in [0.15, 0.2) is 82.1 Å². The van der Waals surface area contributed by atoms with E-state index in [9.17, 15) is 20.1 Å². The lowest BCUT2D eigenvalue weighted by molar-refractivity contribution is 0.0954. The maximum atomic E-state index is 12.3. The van der Waals surface area contributed by atoms with E-state index in [1.807, 2.05) is 37.3 Å². The molecule has 0 heterocycles. The Balaban J connectivity index is 1.89. The van der Waals surface area contributed by atoms with Gasteiger partial charge in [0.25, 0.3) is 5.91 Å². The van der Waals surface area contributed by atoms with Crippen LogP contribution in [0.3, 0.4) is 0 Å². The summed E-state index contributed by atoms with van der Waals surface area (Å²) in [5.41, 5.74) is 4.44. The number of azo groups is 1. The second-order valence-electron chi connectivity index (χ2n) is 6.09. The Morgan fingerprint density at radius 3 is 2.14 bits per heavy atom. The molecule has 0 aromatic heterocycles. The molecule has 146 valence electrons. The minimum atomic E-state index is -0.713. The molecule has 8 nitrogen and oxygen atoms in total. The summed E-state index contributed by atoms with van der Waals surface area (Å²) in [5, 5.41) is 40.9. The number of phenols is 3. The average Bonchev–Trinajstić information content (AvgIpc) is 2.73. The first-order valence-corrected chi connectivity index (χ1v) is 8.61. The summed E-state index contributed by atoms with van der Waals surface area (Å²) in [6, 6.07) is 18.4. The van der Waals surface area contributed by atoms with Crippen molar-refractivity contribution in [3.8, 4) is 17.2 Å². The van der Waals surface area contributed by atoms with Gasteiger partial charge in [0, 0.05) is 11.1 Å². The Morgan fingerprint density at radius 1 is 0.862 bits per heavy atom. The maximum absolute atomic E-state index is 12.3. The number of hydrazone groups is 1. The van der Waals surface area contributed by atoms with Gasteiger partial charge < -0.3 is 15.3 Å². The first kappa shape index (κ1) is 19.6. The molecule has 0 atom stereocenters. The van der Waals surface area contributed by atoms with Crippen molar-refractivity contribution in [2.24, 2.45) is 15.3 Å². The molecule has 3 rings (SSSR count). The fourth-order valence-electron chi connectivity index (χ4n) is 2.41. The number of aryl methyl sites for hydroxylation is 1. The third-order valence-corrected chi connectivity index (χ3v) is 4.00. The number of nitrogens with one attached hydrogen (secondary N) is 1. The van der Waals surface area contributed by atoms with E-state index in [4.69, 9.17) is 0 Å². The van der Waals surface area contributed by atoms with Gasteiger partial charge in [0.15, 0.2) is 17.2 Å². The van der Waals surface area contributed by atoms with Gasteiger partial charge in [-0.3, -0.25) is 4.79 Å². The lowest BCUT2D eigenvalue weighted by Crippen LogP contribution is -2.19. The highest BCUT2D eigenvalue weighted by Crippen LogP contribution is 2.35. The molecule has 0 saturated carbocycles. The zero-order valence-electron chi connectivity index (χ0n) is 15.4. The quantitative estimate of drug-likeness (QED) is 0.177. The first-order valence-electron chi connectivity index (χ1n) is 8.61. The Hall–Kier alpha value is -4.20. The molecule has 0 saturated heterocycles. The lowest BCUT2D eigenvalue weighted by Gasteiger charge is -2.06. The molecule has 29 heavy (non-hydrogen) atoms. The van der Waals surface area contributed by atoms with Crippen molar-refractivity contribution in [2.45, 2.75) is 6.92 Å². The number of phenolic OH excluding ortho intramolecular Hbond substituents is 3. The summed E-state index contributed by atoms with van der Waals surface area (Å²) in [4.78, 5) is 12.3. The number of carbonyl (C=O) groups excluding carboxylic acids is 1. The molecule has 3 aromatic carbocycles. The molecule has 3 aromatic rings. The van der Waals surface area contributed by atoms with Crippen molar-refractivity contribution in [2.75, 3.05) is 0 Å². The number of rotatable bonds is 4. The van der Waals surface area contributed by atoms with E-state index < -0.39 is 23.2 Å². The maximum Gasteiger partial charge on any atom is 0.271 e. The second-order valence-corrected chi connectivity index (χ2v) is 6.09. The van der Waals surface area contributed by atoms with Crippen LogP contribution < -0.4 is 5.43 Å². The zero-order chi connectivity index (χ0) is 20.8.